The molecular formula is C9H10ClNO. The molecule has 0 unspecified atom stereocenters. The molecule has 0 fully saturated rings. The summed E-state index contributed by atoms with van der Waals surface area (Å²) >= 11 is 5.98. The number of rotatable bonds is 0. The summed E-state index contributed by atoms with van der Waals surface area (Å²) in [6, 6.07) is 3.40. The van der Waals surface area contributed by atoms with Crippen molar-refractivity contribution in [3.63, 3.8) is 0 Å². The highest BCUT2D eigenvalue weighted by atomic mass is 35.5. The monoisotopic (exact) mass is 183 g/mol. The Balaban J connectivity index is 2.57. The van der Waals surface area contributed by atoms with Crippen LogP contribution in [0.25, 0.3) is 0 Å². The number of fused-ring (bicyclic) bond motifs is 1. The SMILES string of the molecule is Oc1ccc(Cl)c2c1CNCC2. The fourth-order valence-electron chi connectivity index (χ4n) is 1.55. The van der Waals surface area contributed by atoms with E-state index < -0.39 is 0 Å². The minimum atomic E-state index is 0.349. The van der Waals surface area contributed by atoms with Gasteiger partial charge in [0.2, 0.25) is 0 Å². The molecular weight excluding hydrogens is 174 g/mol. The molecule has 3 heteroatoms. The zero-order chi connectivity index (χ0) is 8.55. The fraction of sp³-hybridized carbons (Fsp3) is 0.333. The molecule has 0 spiro atoms. The van der Waals surface area contributed by atoms with Crippen LogP contribution in [-0.4, -0.2) is 11.7 Å². The number of halogens is 1. The van der Waals surface area contributed by atoms with Crippen LogP contribution >= 0.6 is 11.6 Å². The lowest BCUT2D eigenvalue weighted by Gasteiger charge is -2.18. The van der Waals surface area contributed by atoms with Crippen molar-refractivity contribution in [2.45, 2.75) is 13.0 Å². The molecule has 0 atom stereocenters. The van der Waals surface area contributed by atoms with Crippen molar-refractivity contribution in [1.29, 1.82) is 0 Å². The zero-order valence-corrected chi connectivity index (χ0v) is 7.36. The smallest absolute Gasteiger partial charge is 0.120 e. The average molecular weight is 184 g/mol. The van der Waals surface area contributed by atoms with Gasteiger partial charge in [0.05, 0.1) is 0 Å². The van der Waals surface area contributed by atoms with Crippen LogP contribution in [0.2, 0.25) is 5.02 Å². The van der Waals surface area contributed by atoms with Crippen molar-refractivity contribution in [2.75, 3.05) is 6.54 Å². The van der Waals surface area contributed by atoms with Crippen LogP contribution in [0, 0.1) is 0 Å². The third-order valence-electron chi connectivity index (χ3n) is 2.20. The van der Waals surface area contributed by atoms with E-state index in [1.165, 1.54) is 0 Å². The van der Waals surface area contributed by atoms with Crippen molar-refractivity contribution < 1.29 is 5.11 Å². The first-order chi connectivity index (χ1) is 5.79. The molecule has 2 N–H and O–H groups in total. The molecule has 2 nitrogen and oxygen atoms in total. The van der Waals surface area contributed by atoms with Gasteiger partial charge in [-0.1, -0.05) is 11.6 Å². The van der Waals surface area contributed by atoms with Gasteiger partial charge in [-0.3, -0.25) is 0 Å². The highest BCUT2D eigenvalue weighted by Gasteiger charge is 2.14. The first kappa shape index (κ1) is 7.90. The van der Waals surface area contributed by atoms with Crippen molar-refractivity contribution in [2.24, 2.45) is 0 Å². The Morgan fingerprint density at radius 3 is 2.92 bits per heavy atom. The predicted molar refractivity (Wildman–Crippen MR) is 48.5 cm³/mol. The van der Waals surface area contributed by atoms with E-state index in [0.717, 1.165) is 35.7 Å². The first-order valence-electron chi connectivity index (χ1n) is 3.99. The van der Waals surface area contributed by atoms with Gasteiger partial charge < -0.3 is 10.4 Å². The molecule has 0 radical (unpaired) electrons. The highest BCUT2D eigenvalue weighted by molar-refractivity contribution is 6.31. The van der Waals surface area contributed by atoms with E-state index in [1.807, 2.05) is 0 Å². The molecule has 1 aromatic carbocycles. The quantitative estimate of drug-likeness (QED) is 0.642. The molecule has 2 rings (SSSR count). The van der Waals surface area contributed by atoms with Crippen LogP contribution in [0.15, 0.2) is 12.1 Å². The number of nitrogens with one attached hydrogen (secondary N) is 1. The Labute approximate surface area is 76.2 Å². The molecule has 0 saturated heterocycles. The van der Waals surface area contributed by atoms with Crippen LogP contribution in [0.1, 0.15) is 11.1 Å². The van der Waals surface area contributed by atoms with Gasteiger partial charge in [-0.25, -0.2) is 0 Å². The van der Waals surface area contributed by atoms with Gasteiger partial charge in [0.1, 0.15) is 5.75 Å². The Hall–Kier alpha value is -0.730. The summed E-state index contributed by atoms with van der Waals surface area (Å²) in [7, 11) is 0. The van der Waals surface area contributed by atoms with Crippen LogP contribution in [0.5, 0.6) is 5.75 Å². The van der Waals surface area contributed by atoms with E-state index in [-0.39, 0.29) is 0 Å². The van der Waals surface area contributed by atoms with Gasteiger partial charge in [0.25, 0.3) is 0 Å². The first-order valence-corrected chi connectivity index (χ1v) is 4.37. The largest absolute Gasteiger partial charge is 0.508 e. The van der Waals surface area contributed by atoms with E-state index in [4.69, 9.17) is 11.6 Å². The summed E-state index contributed by atoms with van der Waals surface area (Å²) in [5.74, 6) is 0.349. The molecule has 64 valence electrons. The van der Waals surface area contributed by atoms with Crippen molar-refractivity contribution >= 4 is 11.6 Å². The average Bonchev–Trinajstić information content (AvgIpc) is 2.12. The third kappa shape index (κ3) is 1.17. The Kier molecular flexibility index (Phi) is 1.95. The fourth-order valence-corrected chi connectivity index (χ4v) is 1.82. The maximum absolute atomic E-state index is 9.48. The second-order valence-electron chi connectivity index (χ2n) is 2.95. The molecule has 0 aromatic heterocycles. The minimum Gasteiger partial charge on any atom is -0.508 e. The third-order valence-corrected chi connectivity index (χ3v) is 2.56. The minimum absolute atomic E-state index is 0.349. The van der Waals surface area contributed by atoms with Crippen molar-refractivity contribution in [3.8, 4) is 5.75 Å². The summed E-state index contributed by atoms with van der Waals surface area (Å²) in [6.45, 7) is 1.66. The lowest BCUT2D eigenvalue weighted by molar-refractivity contribution is 0.459. The number of benzene rings is 1. The maximum atomic E-state index is 9.48. The van der Waals surface area contributed by atoms with Gasteiger partial charge >= 0.3 is 0 Å². The van der Waals surface area contributed by atoms with Gasteiger partial charge in [-0.05, 0) is 30.7 Å². The maximum Gasteiger partial charge on any atom is 0.120 e. The lowest BCUT2D eigenvalue weighted by Crippen LogP contribution is -2.23. The van der Waals surface area contributed by atoms with Gasteiger partial charge in [-0.15, -0.1) is 0 Å². The molecule has 1 aliphatic heterocycles. The molecule has 12 heavy (non-hydrogen) atoms. The number of phenolic OH excluding ortho intramolecular Hbond substituents is 1. The van der Waals surface area contributed by atoms with Gasteiger partial charge in [-0.2, -0.15) is 0 Å². The van der Waals surface area contributed by atoms with E-state index in [2.05, 4.69) is 5.32 Å². The van der Waals surface area contributed by atoms with Gasteiger partial charge in [0.15, 0.2) is 0 Å². The summed E-state index contributed by atoms with van der Waals surface area (Å²) < 4.78 is 0. The van der Waals surface area contributed by atoms with Crippen molar-refractivity contribution in [1.82, 2.24) is 5.32 Å². The molecule has 0 bridgehead atoms. The predicted octanol–water partition coefficient (Wildman–Crippen LogP) is 1.69. The van der Waals surface area contributed by atoms with Gasteiger partial charge in [0, 0.05) is 17.1 Å². The molecule has 1 aliphatic rings. The number of hydrogen-bond donors (Lipinski definition) is 2. The van der Waals surface area contributed by atoms with E-state index in [0.29, 0.717) is 5.75 Å². The summed E-state index contributed by atoms with van der Waals surface area (Å²) in [4.78, 5) is 0. The molecule has 0 aliphatic carbocycles. The topological polar surface area (TPSA) is 32.3 Å². The number of aromatic hydroxyl groups is 1. The summed E-state index contributed by atoms with van der Waals surface area (Å²) in [5, 5.41) is 13.4. The Morgan fingerprint density at radius 2 is 2.17 bits per heavy atom. The molecule has 0 amide bonds. The second-order valence-corrected chi connectivity index (χ2v) is 3.36. The molecule has 0 saturated carbocycles. The number of hydrogen-bond acceptors (Lipinski definition) is 2. The van der Waals surface area contributed by atoms with Crippen LogP contribution in [0.3, 0.4) is 0 Å². The van der Waals surface area contributed by atoms with E-state index >= 15 is 0 Å². The summed E-state index contributed by atoms with van der Waals surface area (Å²) in [6.07, 6.45) is 0.905. The summed E-state index contributed by atoms with van der Waals surface area (Å²) in [5.41, 5.74) is 2.05. The zero-order valence-electron chi connectivity index (χ0n) is 6.60. The Morgan fingerprint density at radius 1 is 1.33 bits per heavy atom. The second kappa shape index (κ2) is 2.96. The van der Waals surface area contributed by atoms with Crippen LogP contribution < -0.4 is 5.32 Å². The lowest BCUT2D eigenvalue weighted by atomic mass is 10.0. The molecule has 1 heterocycles. The van der Waals surface area contributed by atoms with Crippen molar-refractivity contribution in [3.05, 3.63) is 28.3 Å². The molecule has 1 aromatic rings. The number of phenols is 1. The van der Waals surface area contributed by atoms with E-state index in [9.17, 15) is 5.11 Å². The standard InChI is InChI=1S/C9H10ClNO/c10-8-1-2-9(12)7-5-11-4-3-6(7)8/h1-2,11-12H,3-5H2. The highest BCUT2D eigenvalue weighted by Crippen LogP contribution is 2.29. The van der Waals surface area contributed by atoms with E-state index in [1.54, 1.807) is 12.1 Å². The Bertz CT molecular complexity index is 281. The van der Waals surface area contributed by atoms with Crippen LogP contribution in [-0.2, 0) is 13.0 Å². The normalized spacial score (nSPS) is 15.8. The van der Waals surface area contributed by atoms with Crippen LogP contribution in [0.4, 0.5) is 0 Å².